The van der Waals surface area contributed by atoms with Gasteiger partial charge in [-0.2, -0.15) is 0 Å². The fraction of sp³-hybridized carbons (Fsp3) is 0.227. The zero-order valence-corrected chi connectivity index (χ0v) is 17.1. The number of nitrogens with zero attached hydrogens (tertiary/aromatic N) is 2. The number of aromatic hydroxyl groups is 1. The van der Waals surface area contributed by atoms with Gasteiger partial charge in [-0.05, 0) is 55.0 Å². The summed E-state index contributed by atoms with van der Waals surface area (Å²) in [6.07, 6.45) is 1.73. The third-order valence-corrected chi connectivity index (χ3v) is 5.09. The number of rotatable bonds is 4. The van der Waals surface area contributed by atoms with Crippen LogP contribution in [0.3, 0.4) is 0 Å². The Labute approximate surface area is 179 Å². The van der Waals surface area contributed by atoms with E-state index in [9.17, 15) is 19.5 Å². The molecule has 0 aliphatic carbocycles. The van der Waals surface area contributed by atoms with Gasteiger partial charge < -0.3 is 20.2 Å². The molecule has 2 aromatic carbocycles. The standard InChI is InChI=1S/C22H22ClN3O4/c1-2-20(28)24-17-8-9-19(27)18(14-17)22(30)26-11-3-10-25(12-13-26)21(29)15-4-6-16(23)7-5-15/h2,4-9,14,27H,1,3,10-13H2,(H,24,28). The Bertz CT molecular complexity index is 975. The van der Waals surface area contributed by atoms with Crippen LogP contribution in [0.1, 0.15) is 27.1 Å². The molecule has 1 fully saturated rings. The molecule has 7 nitrogen and oxygen atoms in total. The average Bonchev–Trinajstić information content (AvgIpc) is 3.01. The summed E-state index contributed by atoms with van der Waals surface area (Å²) < 4.78 is 0. The second kappa shape index (κ2) is 9.45. The fourth-order valence-electron chi connectivity index (χ4n) is 3.25. The van der Waals surface area contributed by atoms with Crippen LogP contribution in [0.4, 0.5) is 5.69 Å². The lowest BCUT2D eigenvalue weighted by Gasteiger charge is -2.23. The predicted octanol–water partition coefficient (Wildman–Crippen LogP) is 3.16. The highest BCUT2D eigenvalue weighted by atomic mass is 35.5. The van der Waals surface area contributed by atoms with Crippen molar-refractivity contribution < 1.29 is 19.5 Å². The van der Waals surface area contributed by atoms with Crippen molar-refractivity contribution in [1.82, 2.24) is 9.80 Å². The molecule has 0 saturated carbocycles. The lowest BCUT2D eigenvalue weighted by molar-refractivity contribution is -0.111. The first kappa shape index (κ1) is 21.4. The van der Waals surface area contributed by atoms with Crippen LogP contribution >= 0.6 is 11.6 Å². The summed E-state index contributed by atoms with van der Waals surface area (Å²) >= 11 is 5.88. The third-order valence-electron chi connectivity index (χ3n) is 4.84. The SMILES string of the molecule is C=CC(=O)Nc1ccc(O)c(C(=O)N2CCCN(C(=O)c3ccc(Cl)cc3)CC2)c1. The van der Waals surface area contributed by atoms with Gasteiger partial charge in [-0.3, -0.25) is 14.4 Å². The van der Waals surface area contributed by atoms with Crippen LogP contribution in [0.15, 0.2) is 55.1 Å². The lowest BCUT2D eigenvalue weighted by atomic mass is 10.1. The Morgan fingerprint density at radius 3 is 2.23 bits per heavy atom. The third kappa shape index (κ3) is 4.99. The number of hydrogen-bond donors (Lipinski definition) is 2. The molecule has 8 heteroatoms. The molecule has 1 saturated heterocycles. The molecule has 0 atom stereocenters. The maximum atomic E-state index is 13.0. The number of amides is 3. The minimum Gasteiger partial charge on any atom is -0.507 e. The molecule has 0 aromatic heterocycles. The van der Waals surface area contributed by atoms with Crippen molar-refractivity contribution in [3.63, 3.8) is 0 Å². The minimum absolute atomic E-state index is 0.0920. The molecule has 2 N–H and O–H groups in total. The van der Waals surface area contributed by atoms with Crippen molar-refractivity contribution in [2.24, 2.45) is 0 Å². The summed E-state index contributed by atoms with van der Waals surface area (Å²) in [5.41, 5.74) is 1.02. The van der Waals surface area contributed by atoms with Crippen molar-refractivity contribution in [1.29, 1.82) is 0 Å². The van der Waals surface area contributed by atoms with E-state index < -0.39 is 5.91 Å². The summed E-state index contributed by atoms with van der Waals surface area (Å²) in [5, 5.41) is 13.3. The summed E-state index contributed by atoms with van der Waals surface area (Å²) in [7, 11) is 0. The highest BCUT2D eigenvalue weighted by Crippen LogP contribution is 2.24. The highest BCUT2D eigenvalue weighted by Gasteiger charge is 2.25. The molecule has 1 aliphatic rings. The smallest absolute Gasteiger partial charge is 0.257 e. The molecular formula is C22H22ClN3O4. The molecule has 0 unspecified atom stereocenters. The first-order valence-electron chi connectivity index (χ1n) is 9.49. The maximum Gasteiger partial charge on any atom is 0.257 e. The van der Waals surface area contributed by atoms with Crippen molar-refractivity contribution in [2.75, 3.05) is 31.5 Å². The van der Waals surface area contributed by atoms with E-state index in [0.29, 0.717) is 48.9 Å². The summed E-state index contributed by atoms with van der Waals surface area (Å²) in [5.74, 6) is -1.05. The number of halogens is 1. The quantitative estimate of drug-likeness (QED) is 0.579. The Kier molecular flexibility index (Phi) is 6.74. The highest BCUT2D eigenvalue weighted by molar-refractivity contribution is 6.30. The number of carbonyl (C=O) groups is 3. The van der Waals surface area contributed by atoms with E-state index in [1.807, 2.05) is 0 Å². The number of anilines is 1. The Hall–Kier alpha value is -3.32. The molecule has 1 heterocycles. The molecule has 30 heavy (non-hydrogen) atoms. The normalized spacial score (nSPS) is 14.0. The van der Waals surface area contributed by atoms with E-state index in [0.717, 1.165) is 6.08 Å². The molecule has 3 amide bonds. The van der Waals surface area contributed by atoms with Gasteiger partial charge in [-0.25, -0.2) is 0 Å². The van der Waals surface area contributed by atoms with E-state index in [4.69, 9.17) is 11.6 Å². The van der Waals surface area contributed by atoms with Crippen molar-refractivity contribution in [3.05, 3.63) is 71.3 Å². The van der Waals surface area contributed by atoms with Crippen LogP contribution in [0, 0.1) is 0 Å². The first-order chi connectivity index (χ1) is 14.4. The number of phenols is 1. The van der Waals surface area contributed by atoms with Gasteiger partial charge in [0, 0.05) is 42.5 Å². The molecule has 156 valence electrons. The molecular weight excluding hydrogens is 406 g/mol. The van der Waals surface area contributed by atoms with Crippen molar-refractivity contribution in [2.45, 2.75) is 6.42 Å². The first-order valence-corrected chi connectivity index (χ1v) is 9.87. The van der Waals surface area contributed by atoms with Gasteiger partial charge in [0.15, 0.2) is 0 Å². The summed E-state index contributed by atoms with van der Waals surface area (Å²) in [6.45, 7) is 5.07. The van der Waals surface area contributed by atoms with Crippen LogP contribution in [0.5, 0.6) is 5.75 Å². The minimum atomic E-state index is -0.412. The maximum absolute atomic E-state index is 13.0. The zero-order chi connectivity index (χ0) is 21.7. The Balaban J connectivity index is 1.70. The van der Waals surface area contributed by atoms with Crippen LogP contribution in [-0.4, -0.2) is 58.8 Å². The van der Waals surface area contributed by atoms with Gasteiger partial charge in [-0.1, -0.05) is 18.2 Å². The molecule has 3 rings (SSSR count). The van der Waals surface area contributed by atoms with E-state index in [1.54, 1.807) is 34.1 Å². The number of carbonyl (C=O) groups excluding carboxylic acids is 3. The van der Waals surface area contributed by atoms with Crippen LogP contribution in [0.25, 0.3) is 0 Å². The molecule has 0 bridgehead atoms. The molecule has 2 aromatic rings. The van der Waals surface area contributed by atoms with Crippen LogP contribution in [0.2, 0.25) is 5.02 Å². The van der Waals surface area contributed by atoms with Crippen LogP contribution in [-0.2, 0) is 4.79 Å². The van der Waals surface area contributed by atoms with Crippen LogP contribution < -0.4 is 5.32 Å². The zero-order valence-electron chi connectivity index (χ0n) is 16.3. The number of phenolic OH excluding ortho intramolecular Hbond substituents is 1. The van der Waals surface area contributed by atoms with E-state index in [-0.39, 0.29) is 23.1 Å². The molecule has 0 radical (unpaired) electrons. The monoisotopic (exact) mass is 427 g/mol. The number of hydrogen-bond acceptors (Lipinski definition) is 4. The van der Waals surface area contributed by atoms with E-state index in [2.05, 4.69) is 11.9 Å². The van der Waals surface area contributed by atoms with Gasteiger partial charge >= 0.3 is 0 Å². The summed E-state index contributed by atoms with van der Waals surface area (Å²) in [6, 6.07) is 11.0. The molecule has 0 spiro atoms. The van der Waals surface area contributed by atoms with Crippen molar-refractivity contribution >= 4 is 35.0 Å². The second-order valence-electron chi connectivity index (χ2n) is 6.87. The number of benzene rings is 2. The van der Waals surface area contributed by atoms with Gasteiger partial charge in [0.25, 0.3) is 11.8 Å². The number of nitrogens with one attached hydrogen (secondary N) is 1. The molecule has 1 aliphatic heterocycles. The van der Waals surface area contributed by atoms with Gasteiger partial charge in [0.2, 0.25) is 5.91 Å². The van der Waals surface area contributed by atoms with Gasteiger partial charge in [0.1, 0.15) is 5.75 Å². The van der Waals surface area contributed by atoms with E-state index in [1.165, 1.54) is 18.2 Å². The average molecular weight is 428 g/mol. The van der Waals surface area contributed by atoms with E-state index >= 15 is 0 Å². The Morgan fingerprint density at radius 2 is 1.60 bits per heavy atom. The lowest BCUT2D eigenvalue weighted by Crippen LogP contribution is -2.37. The largest absolute Gasteiger partial charge is 0.507 e. The second-order valence-corrected chi connectivity index (χ2v) is 7.31. The van der Waals surface area contributed by atoms with Crippen molar-refractivity contribution in [3.8, 4) is 5.75 Å². The van der Waals surface area contributed by atoms with Gasteiger partial charge in [0.05, 0.1) is 5.56 Å². The predicted molar refractivity (Wildman–Crippen MR) is 115 cm³/mol. The topological polar surface area (TPSA) is 89.9 Å². The van der Waals surface area contributed by atoms with Gasteiger partial charge in [-0.15, -0.1) is 0 Å². The fourth-order valence-corrected chi connectivity index (χ4v) is 3.37. The summed E-state index contributed by atoms with van der Waals surface area (Å²) in [4.78, 5) is 40.5. The Morgan fingerprint density at radius 1 is 0.967 bits per heavy atom.